The second-order valence-electron chi connectivity index (χ2n) is 8.49. The van der Waals surface area contributed by atoms with Crippen molar-refractivity contribution in [1.29, 1.82) is 0 Å². The van der Waals surface area contributed by atoms with Crippen molar-refractivity contribution >= 4 is 27.4 Å². The molecule has 0 spiro atoms. The number of nitrogens with zero attached hydrogens (tertiary/aromatic N) is 4. The molecular weight excluding hydrogens is 430 g/mol. The van der Waals surface area contributed by atoms with Crippen molar-refractivity contribution in [3.05, 3.63) is 71.9 Å². The summed E-state index contributed by atoms with van der Waals surface area (Å²) in [7, 11) is 3.88. The first-order valence-corrected chi connectivity index (χ1v) is 12.2. The van der Waals surface area contributed by atoms with Gasteiger partial charge in [-0.3, -0.25) is 4.90 Å². The molecule has 0 amide bonds. The lowest BCUT2D eigenvalue weighted by atomic mass is 10.0. The minimum absolute atomic E-state index is 0.135. The number of benzene rings is 2. The fourth-order valence-electron chi connectivity index (χ4n) is 4.34. The van der Waals surface area contributed by atoms with Gasteiger partial charge in [0.05, 0.1) is 18.5 Å². The molecule has 2 aromatic carbocycles. The highest BCUT2D eigenvalue weighted by Gasteiger charge is 2.22. The maximum Gasteiger partial charge on any atom is 0.139 e. The number of nitrogens with one attached hydrogen (secondary N) is 1. The molecule has 1 aliphatic rings. The molecule has 1 aliphatic heterocycles. The maximum absolute atomic E-state index is 5.34. The molecule has 2 aromatic heterocycles. The Kier molecular flexibility index (Phi) is 6.53. The Bertz CT molecular complexity index is 1190. The van der Waals surface area contributed by atoms with Crippen molar-refractivity contribution in [3.8, 4) is 16.9 Å². The number of aromatic nitrogens is 2. The van der Waals surface area contributed by atoms with Gasteiger partial charge < -0.3 is 15.0 Å². The van der Waals surface area contributed by atoms with Crippen LogP contribution >= 0.6 is 11.3 Å². The van der Waals surface area contributed by atoms with E-state index in [1.54, 1.807) is 24.8 Å². The van der Waals surface area contributed by atoms with Crippen molar-refractivity contribution in [1.82, 2.24) is 19.8 Å². The van der Waals surface area contributed by atoms with Gasteiger partial charge in [0.15, 0.2) is 0 Å². The molecule has 1 unspecified atom stereocenters. The molecule has 1 fully saturated rings. The normalized spacial score (nSPS) is 16.1. The molecule has 0 saturated carbocycles. The number of likely N-dealkylation sites (N-methyl/N-ethyl adjacent to an activating group) is 1. The van der Waals surface area contributed by atoms with E-state index in [0.717, 1.165) is 65.6 Å². The lowest BCUT2D eigenvalue weighted by Crippen LogP contribution is -2.46. The summed E-state index contributed by atoms with van der Waals surface area (Å²) in [5, 5.41) is 7.04. The zero-order chi connectivity index (χ0) is 22.6. The van der Waals surface area contributed by atoms with Crippen molar-refractivity contribution in [3.63, 3.8) is 0 Å². The molecule has 0 aliphatic carbocycles. The van der Waals surface area contributed by atoms with Gasteiger partial charge in [-0.25, -0.2) is 9.97 Å². The third kappa shape index (κ3) is 4.85. The molecule has 170 valence electrons. The van der Waals surface area contributed by atoms with Crippen LogP contribution in [0.1, 0.15) is 11.6 Å². The summed E-state index contributed by atoms with van der Waals surface area (Å²) in [6.45, 7) is 5.30. The van der Waals surface area contributed by atoms with Crippen molar-refractivity contribution < 1.29 is 4.74 Å². The molecule has 0 bridgehead atoms. The van der Waals surface area contributed by atoms with Gasteiger partial charge >= 0.3 is 0 Å². The minimum Gasteiger partial charge on any atom is -0.497 e. The van der Waals surface area contributed by atoms with E-state index in [-0.39, 0.29) is 6.04 Å². The number of methoxy groups -OCH3 is 1. The molecule has 6 nitrogen and oxygen atoms in total. The molecule has 0 radical (unpaired) electrons. The number of hydrogen-bond acceptors (Lipinski definition) is 7. The number of rotatable bonds is 7. The largest absolute Gasteiger partial charge is 0.497 e. The van der Waals surface area contributed by atoms with Crippen LogP contribution in [0, 0.1) is 0 Å². The van der Waals surface area contributed by atoms with Crippen LogP contribution in [0.5, 0.6) is 5.75 Å². The van der Waals surface area contributed by atoms with E-state index < -0.39 is 0 Å². The lowest BCUT2D eigenvalue weighted by Gasteiger charge is -2.35. The first-order valence-electron chi connectivity index (χ1n) is 11.3. The molecule has 33 heavy (non-hydrogen) atoms. The maximum atomic E-state index is 5.34. The average molecular weight is 460 g/mol. The Morgan fingerprint density at radius 2 is 1.76 bits per heavy atom. The summed E-state index contributed by atoms with van der Waals surface area (Å²) in [6.07, 6.45) is 1.66. The van der Waals surface area contributed by atoms with Gasteiger partial charge in [-0.1, -0.05) is 42.5 Å². The minimum atomic E-state index is 0.135. The molecule has 4 aromatic rings. The average Bonchev–Trinajstić information content (AvgIpc) is 3.31. The Balaban J connectivity index is 1.49. The first kappa shape index (κ1) is 21.8. The number of thiophene rings is 1. The van der Waals surface area contributed by atoms with E-state index in [4.69, 9.17) is 9.72 Å². The van der Waals surface area contributed by atoms with Crippen molar-refractivity contribution in [2.75, 3.05) is 52.2 Å². The fourth-order valence-corrected chi connectivity index (χ4v) is 5.26. The summed E-state index contributed by atoms with van der Waals surface area (Å²) < 4.78 is 5.34. The highest BCUT2D eigenvalue weighted by molar-refractivity contribution is 7.17. The third-order valence-electron chi connectivity index (χ3n) is 6.32. The molecule has 1 N–H and O–H groups in total. The summed E-state index contributed by atoms with van der Waals surface area (Å²) in [6, 6.07) is 19.0. The van der Waals surface area contributed by atoms with Crippen LogP contribution in [-0.2, 0) is 0 Å². The Morgan fingerprint density at radius 3 is 2.48 bits per heavy atom. The number of hydrogen-bond donors (Lipinski definition) is 1. The zero-order valence-corrected chi connectivity index (χ0v) is 19.9. The van der Waals surface area contributed by atoms with Crippen LogP contribution in [0.4, 0.5) is 5.82 Å². The Morgan fingerprint density at radius 1 is 1.00 bits per heavy atom. The predicted octanol–water partition coefficient (Wildman–Crippen LogP) is 4.77. The van der Waals surface area contributed by atoms with Gasteiger partial charge in [-0.05, 0) is 30.3 Å². The Hall–Kier alpha value is -3.00. The van der Waals surface area contributed by atoms with Gasteiger partial charge in [0.1, 0.15) is 22.7 Å². The predicted molar refractivity (Wildman–Crippen MR) is 136 cm³/mol. The van der Waals surface area contributed by atoms with E-state index in [9.17, 15) is 0 Å². The smallest absolute Gasteiger partial charge is 0.139 e. The topological polar surface area (TPSA) is 53.5 Å². The van der Waals surface area contributed by atoms with Crippen LogP contribution in [-0.4, -0.2) is 66.6 Å². The van der Waals surface area contributed by atoms with Gasteiger partial charge in [0.25, 0.3) is 0 Å². The quantitative estimate of drug-likeness (QED) is 0.430. The van der Waals surface area contributed by atoms with Crippen LogP contribution in [0.2, 0.25) is 0 Å². The molecule has 1 atom stereocenters. The van der Waals surface area contributed by atoms with E-state index in [2.05, 4.69) is 75.0 Å². The Labute approximate surface area is 198 Å². The number of piperazine rings is 1. The van der Waals surface area contributed by atoms with E-state index in [1.165, 1.54) is 5.56 Å². The van der Waals surface area contributed by atoms with Crippen LogP contribution in [0.3, 0.4) is 0 Å². The molecule has 5 rings (SSSR count). The standard InChI is InChI=1S/C26H29N5OS/c1-30-12-14-31(15-13-30)16-23(20-6-4-3-5-7-20)29-25-24-22(17-33-26(24)28-18-27-25)19-8-10-21(32-2)11-9-19/h3-11,17-18,23H,12-16H2,1-2H3,(H,27,28,29). The molecular formula is C26H29N5OS. The van der Waals surface area contributed by atoms with Gasteiger partial charge in [-0.2, -0.15) is 0 Å². The van der Waals surface area contributed by atoms with Crippen LogP contribution in [0.15, 0.2) is 66.3 Å². The number of fused-ring (bicyclic) bond motifs is 1. The third-order valence-corrected chi connectivity index (χ3v) is 7.21. The van der Waals surface area contributed by atoms with Crippen LogP contribution in [0.25, 0.3) is 21.3 Å². The summed E-state index contributed by atoms with van der Waals surface area (Å²) in [5.41, 5.74) is 3.55. The lowest BCUT2D eigenvalue weighted by molar-refractivity contribution is 0.149. The molecule has 3 heterocycles. The first-order chi connectivity index (χ1) is 16.2. The van der Waals surface area contributed by atoms with Crippen LogP contribution < -0.4 is 10.1 Å². The second-order valence-corrected chi connectivity index (χ2v) is 9.35. The summed E-state index contributed by atoms with van der Waals surface area (Å²) in [4.78, 5) is 15.2. The fraction of sp³-hybridized carbons (Fsp3) is 0.308. The number of anilines is 1. The zero-order valence-electron chi connectivity index (χ0n) is 19.1. The van der Waals surface area contributed by atoms with Crippen molar-refractivity contribution in [2.45, 2.75) is 6.04 Å². The second kappa shape index (κ2) is 9.87. The van der Waals surface area contributed by atoms with E-state index in [1.807, 2.05) is 12.1 Å². The monoisotopic (exact) mass is 459 g/mol. The molecule has 1 saturated heterocycles. The number of ether oxygens (including phenoxy) is 1. The SMILES string of the molecule is COc1ccc(-c2csc3ncnc(NC(CN4CCN(C)CC4)c4ccccc4)c23)cc1. The summed E-state index contributed by atoms with van der Waals surface area (Å²) >= 11 is 1.65. The van der Waals surface area contributed by atoms with Crippen molar-refractivity contribution in [2.24, 2.45) is 0 Å². The molecule has 7 heteroatoms. The van der Waals surface area contributed by atoms with E-state index in [0.29, 0.717) is 0 Å². The van der Waals surface area contributed by atoms with Gasteiger partial charge in [-0.15, -0.1) is 11.3 Å². The van der Waals surface area contributed by atoms with Gasteiger partial charge in [0.2, 0.25) is 0 Å². The summed E-state index contributed by atoms with van der Waals surface area (Å²) in [5.74, 6) is 1.74. The highest BCUT2D eigenvalue weighted by Crippen LogP contribution is 2.38. The van der Waals surface area contributed by atoms with E-state index >= 15 is 0 Å². The van der Waals surface area contributed by atoms with Gasteiger partial charge in [0, 0.05) is 43.7 Å². The highest BCUT2D eigenvalue weighted by atomic mass is 32.1.